The molecule has 0 spiro atoms. The topological polar surface area (TPSA) is 85.3 Å². The van der Waals surface area contributed by atoms with E-state index in [1.54, 1.807) is 12.3 Å². The van der Waals surface area contributed by atoms with E-state index in [1.807, 2.05) is 35.7 Å². The van der Waals surface area contributed by atoms with Gasteiger partial charge in [-0.25, -0.2) is 18.4 Å². The van der Waals surface area contributed by atoms with Gasteiger partial charge in [0.15, 0.2) is 15.7 Å². The first-order valence-electron chi connectivity index (χ1n) is 8.88. The van der Waals surface area contributed by atoms with Crippen LogP contribution in [0.3, 0.4) is 0 Å². The summed E-state index contributed by atoms with van der Waals surface area (Å²) in [6, 6.07) is 11.0. The minimum atomic E-state index is -3.43. The average Bonchev–Trinajstić information content (AvgIpc) is 3.22. The molecular weight excluding hydrogens is 396 g/mol. The van der Waals surface area contributed by atoms with Crippen LogP contribution < -0.4 is 4.90 Å². The van der Waals surface area contributed by atoms with Gasteiger partial charge >= 0.3 is 0 Å². The van der Waals surface area contributed by atoms with E-state index in [0.29, 0.717) is 49.3 Å². The van der Waals surface area contributed by atoms with E-state index in [4.69, 9.17) is 4.74 Å². The van der Waals surface area contributed by atoms with Crippen LogP contribution in [0.15, 0.2) is 48.0 Å². The molecule has 1 unspecified atom stereocenters. The van der Waals surface area contributed by atoms with E-state index < -0.39 is 15.1 Å². The monoisotopic (exact) mass is 416 g/mol. The standard InChI is InChI=1S/C19H20N4O3S2/c1-28(24,25)18(16-6-4-12-27-16)15-13-17(23-8-10-26-11-9-23)22-19(21-15)14-5-2-3-7-20-14/h2-7,12-13,18H,8-11H2,1H3. The number of sulfone groups is 1. The molecule has 146 valence electrons. The van der Waals surface area contributed by atoms with Crippen LogP contribution >= 0.6 is 11.3 Å². The van der Waals surface area contributed by atoms with Gasteiger partial charge in [0, 0.05) is 36.5 Å². The fraction of sp³-hybridized carbons (Fsp3) is 0.316. The summed E-state index contributed by atoms with van der Waals surface area (Å²) in [6.07, 6.45) is 2.92. The van der Waals surface area contributed by atoms with Gasteiger partial charge in [-0.15, -0.1) is 11.3 Å². The van der Waals surface area contributed by atoms with E-state index >= 15 is 0 Å². The fourth-order valence-electron chi connectivity index (χ4n) is 3.17. The smallest absolute Gasteiger partial charge is 0.180 e. The van der Waals surface area contributed by atoms with Crippen LogP contribution in [0.5, 0.6) is 0 Å². The molecule has 0 aliphatic carbocycles. The van der Waals surface area contributed by atoms with Gasteiger partial charge in [0.1, 0.15) is 16.8 Å². The molecule has 9 heteroatoms. The van der Waals surface area contributed by atoms with E-state index in [-0.39, 0.29) is 0 Å². The Hall–Kier alpha value is -2.36. The van der Waals surface area contributed by atoms with Crippen LogP contribution in [0, 0.1) is 0 Å². The summed E-state index contributed by atoms with van der Waals surface area (Å²) in [4.78, 5) is 16.5. The van der Waals surface area contributed by atoms with Gasteiger partial charge in [0.05, 0.1) is 18.9 Å². The Morgan fingerprint density at radius 3 is 2.61 bits per heavy atom. The predicted molar refractivity (Wildman–Crippen MR) is 109 cm³/mol. The summed E-state index contributed by atoms with van der Waals surface area (Å²) in [5, 5.41) is 1.04. The maximum absolute atomic E-state index is 12.7. The molecule has 3 aromatic heterocycles. The summed E-state index contributed by atoms with van der Waals surface area (Å²) < 4.78 is 30.8. The van der Waals surface area contributed by atoms with E-state index in [1.165, 1.54) is 17.6 Å². The lowest BCUT2D eigenvalue weighted by Gasteiger charge is -2.28. The largest absolute Gasteiger partial charge is 0.378 e. The second-order valence-electron chi connectivity index (χ2n) is 6.51. The first-order chi connectivity index (χ1) is 13.5. The highest BCUT2D eigenvalue weighted by Crippen LogP contribution is 2.34. The van der Waals surface area contributed by atoms with Crippen molar-refractivity contribution in [1.82, 2.24) is 15.0 Å². The third kappa shape index (κ3) is 4.06. The van der Waals surface area contributed by atoms with Crippen molar-refractivity contribution >= 4 is 27.0 Å². The molecule has 0 radical (unpaired) electrons. The molecule has 0 bridgehead atoms. The van der Waals surface area contributed by atoms with Crippen LogP contribution in [-0.4, -0.2) is 55.9 Å². The quantitative estimate of drug-likeness (QED) is 0.632. The van der Waals surface area contributed by atoms with Gasteiger partial charge in [-0.05, 0) is 23.6 Å². The summed E-state index contributed by atoms with van der Waals surface area (Å²) >= 11 is 1.41. The highest BCUT2D eigenvalue weighted by atomic mass is 32.2. The molecule has 1 fully saturated rings. The Morgan fingerprint density at radius 2 is 1.96 bits per heavy atom. The van der Waals surface area contributed by atoms with Crippen molar-refractivity contribution in [2.75, 3.05) is 37.5 Å². The first-order valence-corrected chi connectivity index (χ1v) is 11.7. The molecule has 4 rings (SSSR count). The number of anilines is 1. The molecule has 0 N–H and O–H groups in total. The molecule has 0 saturated carbocycles. The number of aromatic nitrogens is 3. The van der Waals surface area contributed by atoms with Crippen LogP contribution in [0.4, 0.5) is 5.82 Å². The number of hydrogen-bond acceptors (Lipinski definition) is 8. The lowest BCUT2D eigenvalue weighted by atomic mass is 10.2. The predicted octanol–water partition coefficient (Wildman–Crippen LogP) is 2.57. The third-order valence-corrected chi connectivity index (χ3v) is 6.90. The molecule has 0 amide bonds. The van der Waals surface area contributed by atoms with Crippen molar-refractivity contribution in [2.45, 2.75) is 5.25 Å². The normalized spacial score (nSPS) is 16.1. The molecule has 1 aliphatic rings. The highest BCUT2D eigenvalue weighted by Gasteiger charge is 2.29. The molecule has 1 atom stereocenters. The number of morpholine rings is 1. The van der Waals surface area contributed by atoms with Crippen LogP contribution in [0.2, 0.25) is 0 Å². The minimum Gasteiger partial charge on any atom is -0.378 e. The van der Waals surface area contributed by atoms with Gasteiger partial charge in [0.25, 0.3) is 0 Å². The van der Waals surface area contributed by atoms with Gasteiger partial charge < -0.3 is 9.64 Å². The number of nitrogens with zero attached hydrogens (tertiary/aromatic N) is 4. The van der Waals surface area contributed by atoms with E-state index in [2.05, 4.69) is 19.9 Å². The lowest BCUT2D eigenvalue weighted by molar-refractivity contribution is 0.122. The number of rotatable bonds is 5. The first kappa shape index (κ1) is 19.0. The van der Waals surface area contributed by atoms with Crippen molar-refractivity contribution in [2.24, 2.45) is 0 Å². The second kappa shape index (κ2) is 7.94. The van der Waals surface area contributed by atoms with Crippen LogP contribution in [0.25, 0.3) is 11.5 Å². The zero-order valence-electron chi connectivity index (χ0n) is 15.4. The highest BCUT2D eigenvalue weighted by molar-refractivity contribution is 7.91. The molecule has 4 heterocycles. The fourth-order valence-corrected chi connectivity index (χ4v) is 5.63. The molecule has 0 aromatic carbocycles. The van der Waals surface area contributed by atoms with Crippen LogP contribution in [-0.2, 0) is 14.6 Å². The SMILES string of the molecule is CS(=O)(=O)C(c1cc(N2CCOCC2)nc(-c2ccccn2)n1)c1cccs1. The van der Waals surface area contributed by atoms with Crippen molar-refractivity contribution in [1.29, 1.82) is 0 Å². The van der Waals surface area contributed by atoms with E-state index in [0.717, 1.165) is 4.88 Å². The molecule has 7 nitrogen and oxygen atoms in total. The Kier molecular flexibility index (Phi) is 5.38. The number of pyridine rings is 1. The average molecular weight is 417 g/mol. The third-order valence-electron chi connectivity index (χ3n) is 4.46. The maximum Gasteiger partial charge on any atom is 0.180 e. The summed E-state index contributed by atoms with van der Waals surface area (Å²) in [5.41, 5.74) is 1.07. The minimum absolute atomic E-state index is 0.421. The van der Waals surface area contributed by atoms with Crippen molar-refractivity contribution in [3.8, 4) is 11.5 Å². The summed E-state index contributed by atoms with van der Waals surface area (Å²) in [6.45, 7) is 2.61. The molecule has 3 aromatic rings. The zero-order valence-corrected chi connectivity index (χ0v) is 17.0. The number of thiophene rings is 1. The second-order valence-corrected chi connectivity index (χ2v) is 9.62. The van der Waals surface area contributed by atoms with Gasteiger partial charge in [-0.3, -0.25) is 4.98 Å². The van der Waals surface area contributed by atoms with Gasteiger partial charge in [-0.2, -0.15) is 0 Å². The molecule has 28 heavy (non-hydrogen) atoms. The van der Waals surface area contributed by atoms with Crippen molar-refractivity contribution in [3.63, 3.8) is 0 Å². The number of ether oxygens (including phenoxy) is 1. The number of hydrogen-bond donors (Lipinski definition) is 0. The Balaban J connectivity index is 1.87. The maximum atomic E-state index is 12.7. The molecule has 1 saturated heterocycles. The van der Waals surface area contributed by atoms with Crippen molar-refractivity contribution < 1.29 is 13.2 Å². The lowest BCUT2D eigenvalue weighted by Crippen LogP contribution is -2.37. The summed E-state index contributed by atoms with van der Waals surface area (Å²) in [5.74, 6) is 1.11. The van der Waals surface area contributed by atoms with E-state index in [9.17, 15) is 8.42 Å². The van der Waals surface area contributed by atoms with Crippen molar-refractivity contribution in [3.05, 3.63) is 58.5 Å². The van der Waals surface area contributed by atoms with Gasteiger partial charge in [-0.1, -0.05) is 12.1 Å². The Morgan fingerprint density at radius 1 is 1.14 bits per heavy atom. The molecule has 1 aliphatic heterocycles. The van der Waals surface area contributed by atoms with Crippen LogP contribution in [0.1, 0.15) is 15.8 Å². The van der Waals surface area contributed by atoms with Gasteiger partial charge in [0.2, 0.25) is 0 Å². The Labute approximate surface area is 168 Å². The Bertz CT molecular complexity index is 1030. The summed E-state index contributed by atoms with van der Waals surface area (Å²) in [7, 11) is -3.43. The zero-order chi connectivity index (χ0) is 19.6. The molecular formula is C19H20N4O3S2.